The Kier molecular flexibility index (Phi) is 9.46. The third-order valence-corrected chi connectivity index (χ3v) is 5.18. The zero-order valence-electron chi connectivity index (χ0n) is 16.2. The Morgan fingerprint density at radius 2 is 1.40 bits per heavy atom. The molecule has 3 nitrogen and oxygen atoms in total. The average Bonchev–Trinajstić information content (AvgIpc) is 3.03. The Balaban J connectivity index is 1.51. The van der Waals surface area contributed by atoms with Gasteiger partial charge in [-0.3, -0.25) is 4.99 Å². The Hall–Kier alpha value is -1.51. The lowest BCUT2D eigenvalue weighted by Crippen LogP contribution is -2.33. The van der Waals surface area contributed by atoms with Crippen molar-refractivity contribution in [1.29, 1.82) is 0 Å². The number of nitrogens with two attached hydrogens (primary N) is 1. The highest BCUT2D eigenvalue weighted by molar-refractivity contribution is 5.79. The minimum Gasteiger partial charge on any atom is -0.370 e. The van der Waals surface area contributed by atoms with Gasteiger partial charge >= 0.3 is 0 Å². The van der Waals surface area contributed by atoms with E-state index in [1.54, 1.807) is 0 Å². The van der Waals surface area contributed by atoms with Crippen molar-refractivity contribution in [2.45, 2.75) is 84.1 Å². The second kappa shape index (κ2) is 11.9. The van der Waals surface area contributed by atoms with Gasteiger partial charge in [0.15, 0.2) is 5.96 Å². The van der Waals surface area contributed by atoms with Crippen LogP contribution in [0.15, 0.2) is 29.3 Å². The van der Waals surface area contributed by atoms with Crippen LogP contribution in [0.1, 0.15) is 82.3 Å². The van der Waals surface area contributed by atoms with Crippen LogP contribution >= 0.6 is 0 Å². The van der Waals surface area contributed by atoms with E-state index in [0.29, 0.717) is 5.96 Å². The monoisotopic (exact) mass is 343 g/mol. The number of rotatable bonds is 13. The molecular formula is C22H37N3. The molecule has 1 aromatic carbocycles. The summed E-state index contributed by atoms with van der Waals surface area (Å²) in [5.41, 5.74) is 8.67. The van der Waals surface area contributed by atoms with Gasteiger partial charge in [0.05, 0.1) is 6.54 Å². The lowest BCUT2D eigenvalue weighted by Gasteiger charge is -2.17. The van der Waals surface area contributed by atoms with E-state index >= 15 is 0 Å². The number of guanidine groups is 1. The quantitative estimate of drug-likeness (QED) is 0.495. The Bertz CT molecular complexity index is 492. The first-order chi connectivity index (χ1) is 12.3. The summed E-state index contributed by atoms with van der Waals surface area (Å²) in [4.78, 5) is 6.39. The number of aryl methyl sites for hydroxylation is 1. The van der Waals surface area contributed by atoms with Crippen molar-refractivity contribution in [3.05, 3.63) is 35.4 Å². The van der Waals surface area contributed by atoms with E-state index in [1.807, 2.05) is 0 Å². The first-order valence-electron chi connectivity index (χ1n) is 10.4. The van der Waals surface area contributed by atoms with E-state index in [0.717, 1.165) is 19.6 Å². The Labute approximate surface area is 154 Å². The summed E-state index contributed by atoms with van der Waals surface area (Å²) in [6.07, 6.45) is 15.2. The van der Waals surface area contributed by atoms with Crippen LogP contribution in [0.2, 0.25) is 0 Å². The van der Waals surface area contributed by atoms with Crippen molar-refractivity contribution >= 4 is 5.96 Å². The number of hydrogen-bond acceptors (Lipinski definition) is 3. The molecule has 1 aliphatic heterocycles. The molecular weight excluding hydrogens is 306 g/mol. The van der Waals surface area contributed by atoms with Crippen LogP contribution in [0.25, 0.3) is 0 Å². The molecule has 2 N–H and O–H groups in total. The topological polar surface area (TPSA) is 41.6 Å². The van der Waals surface area contributed by atoms with Gasteiger partial charge in [0.25, 0.3) is 0 Å². The van der Waals surface area contributed by atoms with Crippen LogP contribution in [0.4, 0.5) is 0 Å². The molecule has 0 atom stereocenters. The third-order valence-electron chi connectivity index (χ3n) is 5.18. The molecule has 0 saturated carbocycles. The fourth-order valence-corrected chi connectivity index (χ4v) is 3.51. The number of unbranched alkanes of at least 4 members (excludes halogenated alkanes) is 9. The normalized spacial score (nSPS) is 14.1. The summed E-state index contributed by atoms with van der Waals surface area (Å²) < 4.78 is 0. The zero-order valence-corrected chi connectivity index (χ0v) is 16.2. The van der Waals surface area contributed by atoms with Crippen molar-refractivity contribution < 1.29 is 0 Å². The minimum atomic E-state index is 0.689. The highest BCUT2D eigenvalue weighted by atomic mass is 15.3. The van der Waals surface area contributed by atoms with E-state index < -0.39 is 0 Å². The molecule has 1 heterocycles. The van der Waals surface area contributed by atoms with Gasteiger partial charge in [0.1, 0.15) is 0 Å². The van der Waals surface area contributed by atoms with E-state index in [2.05, 4.69) is 41.1 Å². The second-order valence-electron chi connectivity index (χ2n) is 7.41. The molecule has 0 bridgehead atoms. The van der Waals surface area contributed by atoms with Crippen molar-refractivity contribution in [3.8, 4) is 0 Å². The van der Waals surface area contributed by atoms with Gasteiger partial charge in [-0.05, 0) is 24.0 Å². The van der Waals surface area contributed by atoms with Crippen LogP contribution in [0, 0.1) is 0 Å². The predicted molar refractivity (Wildman–Crippen MR) is 109 cm³/mol. The fourth-order valence-electron chi connectivity index (χ4n) is 3.51. The SMILES string of the molecule is CCCCCCCCCCCCc1ccc(CN2CCN=C2N)cc1. The van der Waals surface area contributed by atoms with Crippen LogP contribution in [0.5, 0.6) is 0 Å². The second-order valence-corrected chi connectivity index (χ2v) is 7.41. The molecule has 0 fully saturated rings. The highest BCUT2D eigenvalue weighted by Gasteiger charge is 2.13. The van der Waals surface area contributed by atoms with Crippen LogP contribution in [-0.4, -0.2) is 23.9 Å². The standard InChI is InChI=1S/C22H37N3/c1-2-3-4-5-6-7-8-9-10-11-12-20-13-15-21(16-14-20)19-25-18-17-24-22(25)23/h13-16H,2-12,17-19H2,1H3,(H2,23,24). The molecule has 0 amide bonds. The van der Waals surface area contributed by atoms with Crippen LogP contribution < -0.4 is 5.73 Å². The van der Waals surface area contributed by atoms with Gasteiger partial charge in [-0.15, -0.1) is 0 Å². The molecule has 0 aromatic heterocycles. The van der Waals surface area contributed by atoms with Crippen molar-refractivity contribution in [2.75, 3.05) is 13.1 Å². The van der Waals surface area contributed by atoms with E-state index in [4.69, 9.17) is 5.73 Å². The maximum absolute atomic E-state index is 5.88. The van der Waals surface area contributed by atoms with Gasteiger partial charge in [0.2, 0.25) is 0 Å². The van der Waals surface area contributed by atoms with E-state index in [9.17, 15) is 0 Å². The smallest absolute Gasteiger partial charge is 0.191 e. The molecule has 0 aliphatic carbocycles. The summed E-state index contributed by atoms with van der Waals surface area (Å²) in [5, 5.41) is 0. The van der Waals surface area contributed by atoms with Crippen molar-refractivity contribution in [2.24, 2.45) is 10.7 Å². The van der Waals surface area contributed by atoms with Gasteiger partial charge < -0.3 is 10.6 Å². The van der Waals surface area contributed by atoms with Crippen molar-refractivity contribution in [1.82, 2.24) is 4.90 Å². The van der Waals surface area contributed by atoms with Gasteiger partial charge in [0, 0.05) is 13.1 Å². The maximum atomic E-state index is 5.88. The molecule has 140 valence electrons. The molecule has 3 heteroatoms. The fraction of sp³-hybridized carbons (Fsp3) is 0.682. The lowest BCUT2D eigenvalue weighted by molar-refractivity contribution is 0.448. The summed E-state index contributed by atoms with van der Waals surface area (Å²) in [6, 6.07) is 9.06. The first kappa shape index (κ1) is 19.8. The molecule has 0 unspecified atom stereocenters. The summed E-state index contributed by atoms with van der Waals surface area (Å²) in [6.45, 7) is 4.95. The van der Waals surface area contributed by atoms with Gasteiger partial charge in [-0.25, -0.2) is 0 Å². The van der Waals surface area contributed by atoms with Crippen molar-refractivity contribution in [3.63, 3.8) is 0 Å². The first-order valence-corrected chi connectivity index (χ1v) is 10.4. The Morgan fingerprint density at radius 3 is 1.96 bits per heavy atom. The molecule has 0 radical (unpaired) electrons. The van der Waals surface area contributed by atoms with E-state index in [-0.39, 0.29) is 0 Å². The van der Waals surface area contributed by atoms with Crippen LogP contribution in [0.3, 0.4) is 0 Å². The maximum Gasteiger partial charge on any atom is 0.191 e. The highest BCUT2D eigenvalue weighted by Crippen LogP contribution is 2.14. The predicted octanol–water partition coefficient (Wildman–Crippen LogP) is 5.28. The largest absolute Gasteiger partial charge is 0.370 e. The number of nitrogens with zero attached hydrogens (tertiary/aromatic N) is 2. The molecule has 1 aromatic rings. The zero-order chi connectivity index (χ0) is 17.7. The molecule has 25 heavy (non-hydrogen) atoms. The lowest BCUT2D eigenvalue weighted by atomic mass is 10.0. The van der Waals surface area contributed by atoms with Gasteiger partial charge in [-0.2, -0.15) is 0 Å². The van der Waals surface area contributed by atoms with Gasteiger partial charge in [-0.1, -0.05) is 89.0 Å². The summed E-state index contributed by atoms with van der Waals surface area (Å²) in [5.74, 6) is 0.689. The number of hydrogen-bond donors (Lipinski definition) is 1. The molecule has 0 saturated heterocycles. The van der Waals surface area contributed by atoms with Crippen LogP contribution in [-0.2, 0) is 13.0 Å². The number of aliphatic imine (C=N–C) groups is 1. The third kappa shape index (κ3) is 7.94. The average molecular weight is 344 g/mol. The number of benzene rings is 1. The van der Waals surface area contributed by atoms with E-state index in [1.165, 1.54) is 81.8 Å². The molecule has 2 rings (SSSR count). The molecule has 0 spiro atoms. The Morgan fingerprint density at radius 1 is 0.840 bits per heavy atom. The summed E-state index contributed by atoms with van der Waals surface area (Å²) in [7, 11) is 0. The summed E-state index contributed by atoms with van der Waals surface area (Å²) >= 11 is 0. The molecule has 1 aliphatic rings. The minimum absolute atomic E-state index is 0.689.